The fourth-order valence-corrected chi connectivity index (χ4v) is 2.65. The maximum Gasteiger partial charge on any atom is 0.0375 e. The van der Waals surface area contributed by atoms with Gasteiger partial charge in [-0.05, 0) is 48.8 Å². The summed E-state index contributed by atoms with van der Waals surface area (Å²) in [5, 5.41) is 3.51. The van der Waals surface area contributed by atoms with E-state index in [1.54, 1.807) is 11.1 Å². The number of fused-ring (bicyclic) bond motifs is 1. The van der Waals surface area contributed by atoms with E-state index in [4.69, 9.17) is 0 Å². The van der Waals surface area contributed by atoms with Crippen LogP contribution in [-0.2, 0) is 6.42 Å². The molecule has 0 fully saturated rings. The van der Waals surface area contributed by atoms with Crippen molar-refractivity contribution in [2.24, 2.45) is 0 Å². The van der Waals surface area contributed by atoms with Crippen molar-refractivity contribution >= 4 is 5.69 Å². The Labute approximate surface area is 92.9 Å². The van der Waals surface area contributed by atoms with Gasteiger partial charge in [-0.1, -0.05) is 26.0 Å². The van der Waals surface area contributed by atoms with Crippen molar-refractivity contribution in [2.45, 2.75) is 45.4 Å². The molecule has 1 heteroatoms. The first-order valence-corrected chi connectivity index (χ1v) is 6.22. The molecule has 1 aliphatic heterocycles. The van der Waals surface area contributed by atoms with Crippen molar-refractivity contribution in [3.05, 3.63) is 29.3 Å². The topological polar surface area (TPSA) is 12.0 Å². The predicted molar refractivity (Wildman–Crippen MR) is 66.6 cm³/mol. The van der Waals surface area contributed by atoms with Crippen LogP contribution in [0.5, 0.6) is 0 Å². The number of hydrogen-bond donors (Lipinski definition) is 1. The first kappa shape index (κ1) is 10.5. The molecule has 0 aliphatic carbocycles. The third-order valence-electron chi connectivity index (χ3n) is 3.56. The van der Waals surface area contributed by atoms with Crippen LogP contribution in [0.2, 0.25) is 0 Å². The number of anilines is 1. The van der Waals surface area contributed by atoms with E-state index in [1.807, 2.05) is 0 Å². The molecule has 1 aromatic rings. The summed E-state index contributed by atoms with van der Waals surface area (Å²) in [6.07, 6.45) is 5.05. The Bertz CT molecular complexity index is 326. The van der Waals surface area contributed by atoms with Crippen LogP contribution in [0, 0.1) is 0 Å². The van der Waals surface area contributed by atoms with Crippen LogP contribution >= 0.6 is 0 Å². The van der Waals surface area contributed by atoms with Gasteiger partial charge in [0.25, 0.3) is 0 Å². The Kier molecular flexibility index (Phi) is 3.30. The Balaban J connectivity index is 2.38. The molecular formula is C14H21N. The molecule has 0 saturated heterocycles. The average Bonchev–Trinajstić information content (AvgIpc) is 2.31. The average molecular weight is 203 g/mol. The summed E-state index contributed by atoms with van der Waals surface area (Å²) in [6, 6.07) is 6.74. The third-order valence-corrected chi connectivity index (χ3v) is 3.56. The van der Waals surface area contributed by atoms with E-state index in [0.29, 0.717) is 0 Å². The van der Waals surface area contributed by atoms with Crippen LogP contribution in [0.1, 0.15) is 50.2 Å². The van der Waals surface area contributed by atoms with Crippen molar-refractivity contribution in [3.63, 3.8) is 0 Å². The summed E-state index contributed by atoms with van der Waals surface area (Å²) in [7, 11) is 0. The molecule has 1 aliphatic rings. The highest BCUT2D eigenvalue weighted by Crippen LogP contribution is 2.33. The molecule has 0 radical (unpaired) electrons. The van der Waals surface area contributed by atoms with Gasteiger partial charge in [0.15, 0.2) is 0 Å². The molecule has 82 valence electrons. The Morgan fingerprint density at radius 3 is 2.80 bits per heavy atom. The van der Waals surface area contributed by atoms with Crippen molar-refractivity contribution in [2.75, 3.05) is 11.9 Å². The van der Waals surface area contributed by atoms with Crippen molar-refractivity contribution in [1.29, 1.82) is 0 Å². The molecule has 0 spiro atoms. The summed E-state index contributed by atoms with van der Waals surface area (Å²) >= 11 is 0. The van der Waals surface area contributed by atoms with E-state index in [2.05, 4.69) is 37.4 Å². The summed E-state index contributed by atoms with van der Waals surface area (Å²) in [5.74, 6) is 0.750. The molecule has 0 atom stereocenters. The van der Waals surface area contributed by atoms with Gasteiger partial charge >= 0.3 is 0 Å². The van der Waals surface area contributed by atoms with Gasteiger partial charge in [0.05, 0.1) is 0 Å². The predicted octanol–water partition coefficient (Wildman–Crippen LogP) is 3.95. The first-order valence-electron chi connectivity index (χ1n) is 6.22. The van der Waals surface area contributed by atoms with E-state index >= 15 is 0 Å². The smallest absolute Gasteiger partial charge is 0.0375 e. The van der Waals surface area contributed by atoms with Gasteiger partial charge in [-0.2, -0.15) is 0 Å². The summed E-state index contributed by atoms with van der Waals surface area (Å²) in [6.45, 7) is 5.73. The Hall–Kier alpha value is -0.980. The number of benzene rings is 1. The lowest BCUT2D eigenvalue weighted by atomic mass is 9.86. The molecule has 1 N–H and O–H groups in total. The zero-order valence-electron chi connectivity index (χ0n) is 9.84. The minimum Gasteiger partial charge on any atom is -0.385 e. The molecule has 15 heavy (non-hydrogen) atoms. The van der Waals surface area contributed by atoms with Gasteiger partial charge in [-0.15, -0.1) is 0 Å². The largest absolute Gasteiger partial charge is 0.385 e. The van der Waals surface area contributed by atoms with E-state index in [-0.39, 0.29) is 0 Å². The zero-order valence-corrected chi connectivity index (χ0v) is 9.84. The minimum absolute atomic E-state index is 0.750. The summed E-state index contributed by atoms with van der Waals surface area (Å²) in [4.78, 5) is 0. The van der Waals surface area contributed by atoms with Crippen LogP contribution in [0.15, 0.2) is 18.2 Å². The SMILES string of the molecule is CCC(CC)c1cccc2c1CCCN2. The maximum atomic E-state index is 3.51. The van der Waals surface area contributed by atoms with Gasteiger partial charge in [0.2, 0.25) is 0 Å². The summed E-state index contributed by atoms with van der Waals surface area (Å²) < 4.78 is 0. The highest BCUT2D eigenvalue weighted by molar-refractivity contribution is 5.57. The second-order valence-corrected chi connectivity index (χ2v) is 4.42. The Morgan fingerprint density at radius 1 is 1.27 bits per heavy atom. The lowest BCUT2D eigenvalue weighted by molar-refractivity contribution is 0.630. The van der Waals surface area contributed by atoms with Crippen LogP contribution in [0.4, 0.5) is 5.69 Å². The molecule has 2 rings (SSSR count). The van der Waals surface area contributed by atoms with E-state index in [1.165, 1.54) is 31.4 Å². The Morgan fingerprint density at radius 2 is 2.07 bits per heavy atom. The van der Waals surface area contributed by atoms with Gasteiger partial charge in [-0.25, -0.2) is 0 Å². The molecule has 1 nitrogen and oxygen atoms in total. The van der Waals surface area contributed by atoms with E-state index in [0.717, 1.165) is 12.5 Å². The monoisotopic (exact) mass is 203 g/mol. The second kappa shape index (κ2) is 4.69. The molecule has 0 amide bonds. The number of rotatable bonds is 3. The van der Waals surface area contributed by atoms with E-state index < -0.39 is 0 Å². The normalized spacial score (nSPS) is 14.9. The summed E-state index contributed by atoms with van der Waals surface area (Å²) in [5.41, 5.74) is 4.55. The van der Waals surface area contributed by atoms with Gasteiger partial charge in [-0.3, -0.25) is 0 Å². The van der Waals surface area contributed by atoms with Crippen LogP contribution < -0.4 is 5.32 Å². The lowest BCUT2D eigenvalue weighted by Crippen LogP contribution is -2.14. The quantitative estimate of drug-likeness (QED) is 0.784. The molecule has 0 aromatic heterocycles. The molecule has 0 bridgehead atoms. The highest BCUT2D eigenvalue weighted by Gasteiger charge is 2.16. The standard InChI is InChI=1S/C14H21N/c1-3-11(4-2)12-7-5-9-14-13(12)8-6-10-15-14/h5,7,9,11,15H,3-4,6,8,10H2,1-2H3. The molecular weight excluding hydrogens is 182 g/mol. The van der Waals surface area contributed by atoms with Gasteiger partial charge < -0.3 is 5.32 Å². The maximum absolute atomic E-state index is 3.51. The van der Waals surface area contributed by atoms with Gasteiger partial charge in [0.1, 0.15) is 0 Å². The highest BCUT2D eigenvalue weighted by atomic mass is 14.9. The minimum atomic E-state index is 0.750. The molecule has 1 aromatic carbocycles. The van der Waals surface area contributed by atoms with Crippen molar-refractivity contribution in [3.8, 4) is 0 Å². The van der Waals surface area contributed by atoms with Crippen molar-refractivity contribution in [1.82, 2.24) is 0 Å². The number of nitrogens with one attached hydrogen (secondary N) is 1. The molecule has 0 saturated carbocycles. The van der Waals surface area contributed by atoms with Crippen LogP contribution in [-0.4, -0.2) is 6.54 Å². The first-order chi connectivity index (χ1) is 7.36. The molecule has 1 heterocycles. The lowest BCUT2D eigenvalue weighted by Gasteiger charge is -2.24. The van der Waals surface area contributed by atoms with Crippen molar-refractivity contribution < 1.29 is 0 Å². The van der Waals surface area contributed by atoms with E-state index in [9.17, 15) is 0 Å². The van der Waals surface area contributed by atoms with Crippen LogP contribution in [0.3, 0.4) is 0 Å². The van der Waals surface area contributed by atoms with Gasteiger partial charge in [0, 0.05) is 12.2 Å². The van der Waals surface area contributed by atoms with Crippen LogP contribution in [0.25, 0.3) is 0 Å². The third kappa shape index (κ3) is 2.01. The number of hydrogen-bond acceptors (Lipinski definition) is 1. The zero-order chi connectivity index (χ0) is 10.7. The second-order valence-electron chi connectivity index (χ2n) is 4.42. The molecule has 0 unspecified atom stereocenters. The fourth-order valence-electron chi connectivity index (χ4n) is 2.65. The fraction of sp³-hybridized carbons (Fsp3) is 0.571.